The Morgan fingerprint density at radius 3 is 2.54 bits per heavy atom. The van der Waals surface area contributed by atoms with Crippen molar-refractivity contribution < 1.29 is 9.53 Å². The Morgan fingerprint density at radius 2 is 2.15 bits per heavy atom. The summed E-state index contributed by atoms with van der Waals surface area (Å²) in [6, 6.07) is 0. The normalized spacial score (nSPS) is 11.0. The van der Waals surface area contributed by atoms with E-state index in [0.717, 1.165) is 0 Å². The van der Waals surface area contributed by atoms with Crippen molar-refractivity contribution in [3.8, 4) is 0 Å². The van der Waals surface area contributed by atoms with Gasteiger partial charge < -0.3 is 15.8 Å². The number of thiocarbonyl (C=S) groups is 1. The van der Waals surface area contributed by atoms with E-state index in [9.17, 15) is 4.79 Å². The quantitative estimate of drug-likeness (QED) is 0.628. The number of ether oxygens (including phenoxy) is 1. The van der Waals surface area contributed by atoms with Crippen molar-refractivity contribution in [1.29, 1.82) is 0 Å². The highest BCUT2D eigenvalue weighted by Gasteiger charge is 2.17. The first-order valence-electron chi connectivity index (χ1n) is 3.97. The highest BCUT2D eigenvalue weighted by atomic mass is 32.1. The van der Waals surface area contributed by atoms with Crippen LogP contribution in [0.3, 0.4) is 0 Å². The maximum Gasteiger partial charge on any atom is 0.226 e. The Bertz CT molecular complexity index is 204. The summed E-state index contributed by atoms with van der Waals surface area (Å²) in [5.41, 5.74) is 4.85. The molecule has 0 saturated carbocycles. The SMILES string of the molecule is COC(C)(C)CNC(=O)CC(N)=S. The van der Waals surface area contributed by atoms with E-state index < -0.39 is 0 Å². The summed E-state index contributed by atoms with van der Waals surface area (Å²) in [4.78, 5) is 11.3. The van der Waals surface area contributed by atoms with Crippen LogP contribution in [0.2, 0.25) is 0 Å². The Labute approximate surface area is 83.8 Å². The highest BCUT2D eigenvalue weighted by Crippen LogP contribution is 2.04. The molecule has 0 atom stereocenters. The molecule has 0 fully saturated rings. The first-order valence-corrected chi connectivity index (χ1v) is 4.38. The van der Waals surface area contributed by atoms with Crippen molar-refractivity contribution in [1.82, 2.24) is 5.32 Å². The van der Waals surface area contributed by atoms with Crippen molar-refractivity contribution in [3.05, 3.63) is 0 Å². The molecule has 0 aromatic rings. The lowest BCUT2D eigenvalue weighted by atomic mass is 10.1. The molecule has 0 saturated heterocycles. The van der Waals surface area contributed by atoms with Crippen molar-refractivity contribution in [2.45, 2.75) is 25.9 Å². The molecule has 1 amide bonds. The molecule has 0 aromatic heterocycles. The first-order chi connectivity index (χ1) is 5.87. The number of methoxy groups -OCH3 is 1. The molecule has 0 bridgehead atoms. The van der Waals surface area contributed by atoms with Gasteiger partial charge in [0, 0.05) is 13.7 Å². The minimum absolute atomic E-state index is 0.0924. The molecule has 4 nitrogen and oxygen atoms in total. The van der Waals surface area contributed by atoms with Gasteiger partial charge in [0.15, 0.2) is 0 Å². The molecule has 0 aliphatic rings. The van der Waals surface area contributed by atoms with Crippen LogP contribution in [0.4, 0.5) is 0 Å². The fourth-order valence-corrected chi connectivity index (χ4v) is 0.735. The molecule has 13 heavy (non-hydrogen) atoms. The molecular formula is C8H16N2O2S. The molecule has 5 heteroatoms. The summed E-state index contributed by atoms with van der Waals surface area (Å²) in [7, 11) is 1.60. The van der Waals surface area contributed by atoms with Gasteiger partial charge in [-0.05, 0) is 13.8 Å². The van der Waals surface area contributed by atoms with Crippen LogP contribution in [0.25, 0.3) is 0 Å². The van der Waals surface area contributed by atoms with Crippen molar-refractivity contribution in [2.75, 3.05) is 13.7 Å². The molecule has 0 radical (unpaired) electrons. The summed E-state index contributed by atoms with van der Waals surface area (Å²) in [6.45, 7) is 4.22. The van der Waals surface area contributed by atoms with Gasteiger partial charge in [-0.1, -0.05) is 12.2 Å². The number of hydrogen-bond acceptors (Lipinski definition) is 3. The molecule has 0 unspecified atom stereocenters. The minimum atomic E-state index is -0.355. The number of carbonyl (C=O) groups is 1. The van der Waals surface area contributed by atoms with Crippen LogP contribution in [-0.2, 0) is 9.53 Å². The van der Waals surface area contributed by atoms with Gasteiger partial charge in [-0.3, -0.25) is 4.79 Å². The van der Waals surface area contributed by atoms with E-state index in [1.807, 2.05) is 13.8 Å². The van der Waals surface area contributed by atoms with Crippen LogP contribution in [0.15, 0.2) is 0 Å². The summed E-state index contributed by atoms with van der Waals surface area (Å²) >= 11 is 4.59. The van der Waals surface area contributed by atoms with Gasteiger partial charge in [0.2, 0.25) is 5.91 Å². The lowest BCUT2D eigenvalue weighted by Gasteiger charge is -2.22. The van der Waals surface area contributed by atoms with Crippen molar-refractivity contribution in [3.63, 3.8) is 0 Å². The number of nitrogens with two attached hydrogens (primary N) is 1. The number of carbonyl (C=O) groups excluding carboxylic acids is 1. The topological polar surface area (TPSA) is 64.3 Å². The van der Waals surface area contributed by atoms with Crippen LogP contribution < -0.4 is 11.1 Å². The molecule has 76 valence electrons. The Morgan fingerprint density at radius 1 is 1.62 bits per heavy atom. The maximum atomic E-state index is 11.1. The van der Waals surface area contributed by atoms with Crippen LogP contribution in [0.5, 0.6) is 0 Å². The summed E-state index contributed by atoms with van der Waals surface area (Å²) < 4.78 is 5.11. The second-order valence-electron chi connectivity index (χ2n) is 3.38. The number of rotatable bonds is 5. The number of amides is 1. The zero-order valence-corrected chi connectivity index (χ0v) is 9.03. The van der Waals surface area contributed by atoms with E-state index in [1.165, 1.54) is 0 Å². The van der Waals surface area contributed by atoms with Crippen LogP contribution in [0, 0.1) is 0 Å². The van der Waals surface area contributed by atoms with Gasteiger partial charge in [-0.15, -0.1) is 0 Å². The lowest BCUT2D eigenvalue weighted by molar-refractivity contribution is -0.121. The average Bonchev–Trinajstić information content (AvgIpc) is 2.00. The smallest absolute Gasteiger partial charge is 0.226 e. The number of nitrogens with one attached hydrogen (secondary N) is 1. The van der Waals surface area contributed by atoms with Gasteiger partial charge >= 0.3 is 0 Å². The molecule has 0 aromatic carbocycles. The van der Waals surface area contributed by atoms with Crippen LogP contribution in [-0.4, -0.2) is 30.2 Å². The van der Waals surface area contributed by atoms with Gasteiger partial charge in [0.1, 0.15) is 0 Å². The predicted molar refractivity (Wildman–Crippen MR) is 55.5 cm³/mol. The molecule has 3 N–H and O–H groups in total. The molecular weight excluding hydrogens is 188 g/mol. The van der Waals surface area contributed by atoms with E-state index in [1.54, 1.807) is 7.11 Å². The van der Waals surface area contributed by atoms with Gasteiger partial charge in [-0.25, -0.2) is 0 Å². The molecule has 0 aliphatic heterocycles. The van der Waals surface area contributed by atoms with Gasteiger partial charge in [-0.2, -0.15) is 0 Å². The number of hydrogen-bond donors (Lipinski definition) is 2. The summed E-state index contributed by atoms with van der Waals surface area (Å²) in [6.07, 6.45) is 0.0924. The molecule has 0 spiro atoms. The summed E-state index contributed by atoms with van der Waals surface area (Å²) in [5.74, 6) is -0.169. The largest absolute Gasteiger partial charge is 0.393 e. The average molecular weight is 204 g/mol. The monoisotopic (exact) mass is 204 g/mol. The van der Waals surface area contributed by atoms with Crippen LogP contribution >= 0.6 is 12.2 Å². The second kappa shape index (κ2) is 5.14. The Kier molecular flexibility index (Phi) is 4.87. The maximum absolute atomic E-state index is 11.1. The van der Waals surface area contributed by atoms with Gasteiger partial charge in [0.05, 0.1) is 17.0 Å². The van der Waals surface area contributed by atoms with E-state index in [2.05, 4.69) is 17.5 Å². The van der Waals surface area contributed by atoms with Crippen LogP contribution in [0.1, 0.15) is 20.3 Å². The lowest BCUT2D eigenvalue weighted by Crippen LogP contribution is -2.40. The highest BCUT2D eigenvalue weighted by molar-refractivity contribution is 7.80. The molecule has 0 rings (SSSR count). The zero-order valence-electron chi connectivity index (χ0n) is 8.22. The van der Waals surface area contributed by atoms with E-state index in [4.69, 9.17) is 10.5 Å². The van der Waals surface area contributed by atoms with E-state index in [-0.39, 0.29) is 22.9 Å². The van der Waals surface area contributed by atoms with Crippen molar-refractivity contribution in [2.24, 2.45) is 5.73 Å². The minimum Gasteiger partial charge on any atom is -0.393 e. The predicted octanol–water partition coefficient (Wildman–Crippen LogP) is 0.204. The fraction of sp³-hybridized carbons (Fsp3) is 0.750. The molecule has 0 aliphatic carbocycles. The third-order valence-corrected chi connectivity index (χ3v) is 1.74. The van der Waals surface area contributed by atoms with Gasteiger partial charge in [0.25, 0.3) is 0 Å². The Balaban J connectivity index is 3.76. The zero-order chi connectivity index (χ0) is 10.5. The third kappa shape index (κ3) is 6.48. The first kappa shape index (κ1) is 12.3. The second-order valence-corrected chi connectivity index (χ2v) is 3.91. The molecule has 0 heterocycles. The third-order valence-electron chi connectivity index (χ3n) is 1.60. The summed E-state index contributed by atoms with van der Waals surface area (Å²) in [5, 5.41) is 2.67. The van der Waals surface area contributed by atoms with Crippen molar-refractivity contribution >= 4 is 23.1 Å². The standard InChI is InChI=1S/C8H16N2O2S/c1-8(2,12-3)5-10-7(11)4-6(9)13/h4-5H2,1-3H3,(H2,9,13)(H,10,11). The van der Waals surface area contributed by atoms with E-state index in [0.29, 0.717) is 6.54 Å². The fourth-order valence-electron chi connectivity index (χ4n) is 0.604. The Hall–Kier alpha value is -0.680. The van der Waals surface area contributed by atoms with E-state index >= 15 is 0 Å².